The van der Waals surface area contributed by atoms with Gasteiger partial charge < -0.3 is 5.11 Å². The number of halogens is 1. The van der Waals surface area contributed by atoms with Gasteiger partial charge in [-0.05, 0) is 28.1 Å². The Morgan fingerprint density at radius 3 is 2.75 bits per heavy atom. The fourth-order valence-electron chi connectivity index (χ4n) is 1.25. The minimum atomic E-state index is -0.116. The molecule has 0 unspecified atom stereocenters. The number of aromatic nitrogens is 2. The van der Waals surface area contributed by atoms with Crippen molar-refractivity contribution in [1.29, 1.82) is 5.26 Å². The van der Waals surface area contributed by atoms with Crippen LogP contribution in [-0.2, 0) is 0 Å². The third-order valence-corrected chi connectivity index (χ3v) is 2.44. The molecule has 1 N–H and O–H groups in total. The Morgan fingerprint density at radius 1 is 1.25 bits per heavy atom. The molecule has 0 saturated carbocycles. The quantitative estimate of drug-likeness (QED) is 0.868. The molecule has 0 amide bonds. The van der Waals surface area contributed by atoms with Gasteiger partial charge in [-0.2, -0.15) is 5.26 Å². The van der Waals surface area contributed by atoms with Gasteiger partial charge in [0.05, 0.1) is 17.5 Å². The second-order valence-electron chi connectivity index (χ2n) is 3.09. The van der Waals surface area contributed by atoms with Crippen LogP contribution in [0.5, 0.6) is 5.75 Å². The van der Waals surface area contributed by atoms with Gasteiger partial charge in [0.1, 0.15) is 6.07 Å². The van der Waals surface area contributed by atoms with Crippen molar-refractivity contribution in [2.45, 2.75) is 0 Å². The summed E-state index contributed by atoms with van der Waals surface area (Å²) in [4.78, 5) is 8.04. The molecular formula is C11H6BrN3O. The monoisotopic (exact) mass is 275 g/mol. The molecule has 78 valence electrons. The minimum absolute atomic E-state index is 0.116. The summed E-state index contributed by atoms with van der Waals surface area (Å²) in [5, 5.41) is 18.1. The molecule has 2 aromatic heterocycles. The summed E-state index contributed by atoms with van der Waals surface area (Å²) < 4.78 is 0.832. The van der Waals surface area contributed by atoms with Crippen LogP contribution in [0.15, 0.2) is 35.2 Å². The van der Waals surface area contributed by atoms with Gasteiger partial charge in [0.15, 0.2) is 5.75 Å². The van der Waals surface area contributed by atoms with E-state index in [-0.39, 0.29) is 11.3 Å². The van der Waals surface area contributed by atoms with Gasteiger partial charge in [-0.25, -0.2) is 0 Å². The van der Waals surface area contributed by atoms with Crippen LogP contribution in [-0.4, -0.2) is 15.1 Å². The Hall–Kier alpha value is -1.93. The number of hydrogen-bond donors (Lipinski definition) is 1. The molecular weight excluding hydrogens is 270 g/mol. The molecule has 16 heavy (non-hydrogen) atoms. The van der Waals surface area contributed by atoms with Gasteiger partial charge >= 0.3 is 0 Å². The van der Waals surface area contributed by atoms with Crippen molar-refractivity contribution in [3.8, 4) is 23.1 Å². The van der Waals surface area contributed by atoms with E-state index in [1.807, 2.05) is 12.1 Å². The molecule has 5 heteroatoms. The Morgan fingerprint density at radius 2 is 2.06 bits per heavy atom. The van der Waals surface area contributed by atoms with E-state index in [0.717, 1.165) is 10.0 Å². The normalized spacial score (nSPS) is 9.75. The fourth-order valence-corrected chi connectivity index (χ4v) is 1.61. The van der Waals surface area contributed by atoms with Crippen molar-refractivity contribution >= 4 is 15.9 Å². The van der Waals surface area contributed by atoms with Crippen LogP contribution >= 0.6 is 15.9 Å². The number of rotatable bonds is 1. The van der Waals surface area contributed by atoms with E-state index >= 15 is 0 Å². The average molecular weight is 276 g/mol. The van der Waals surface area contributed by atoms with Gasteiger partial charge in [0.2, 0.25) is 0 Å². The zero-order chi connectivity index (χ0) is 11.5. The maximum Gasteiger partial charge on any atom is 0.151 e. The maximum atomic E-state index is 9.33. The SMILES string of the molecule is N#Cc1cc(-c2cncc(Br)c2)ncc1O. The number of nitrogens with zero attached hydrogens (tertiary/aromatic N) is 3. The highest BCUT2D eigenvalue weighted by Crippen LogP contribution is 2.23. The first-order valence-corrected chi connectivity index (χ1v) is 5.20. The summed E-state index contributed by atoms with van der Waals surface area (Å²) >= 11 is 3.30. The van der Waals surface area contributed by atoms with Crippen LogP contribution in [0.2, 0.25) is 0 Å². The van der Waals surface area contributed by atoms with Crippen LogP contribution in [0, 0.1) is 11.3 Å². The maximum absolute atomic E-state index is 9.33. The average Bonchev–Trinajstić information content (AvgIpc) is 2.29. The first kappa shape index (κ1) is 10.6. The van der Waals surface area contributed by atoms with Crippen molar-refractivity contribution in [2.24, 2.45) is 0 Å². The lowest BCUT2D eigenvalue weighted by Gasteiger charge is -2.02. The molecule has 4 nitrogen and oxygen atoms in total. The van der Waals surface area contributed by atoms with Crippen molar-refractivity contribution in [2.75, 3.05) is 0 Å². The topological polar surface area (TPSA) is 69.8 Å². The van der Waals surface area contributed by atoms with Crippen molar-refractivity contribution in [3.63, 3.8) is 0 Å². The second kappa shape index (κ2) is 4.29. The van der Waals surface area contributed by atoms with Crippen LogP contribution in [0.4, 0.5) is 0 Å². The van der Waals surface area contributed by atoms with E-state index in [4.69, 9.17) is 5.26 Å². The van der Waals surface area contributed by atoms with Gasteiger partial charge in [-0.1, -0.05) is 0 Å². The van der Waals surface area contributed by atoms with Crippen LogP contribution < -0.4 is 0 Å². The molecule has 0 aliphatic heterocycles. The predicted octanol–water partition coefficient (Wildman–Crippen LogP) is 2.48. The fraction of sp³-hybridized carbons (Fsp3) is 0. The van der Waals surface area contributed by atoms with Crippen molar-refractivity contribution < 1.29 is 5.11 Å². The van der Waals surface area contributed by atoms with Crippen molar-refractivity contribution in [3.05, 3.63) is 40.8 Å². The highest BCUT2D eigenvalue weighted by atomic mass is 79.9. The summed E-state index contributed by atoms with van der Waals surface area (Å²) in [7, 11) is 0. The molecule has 0 aliphatic carbocycles. The van der Waals surface area contributed by atoms with Crippen LogP contribution in [0.1, 0.15) is 5.56 Å². The van der Waals surface area contributed by atoms with Crippen LogP contribution in [0.3, 0.4) is 0 Å². The number of hydrogen-bond acceptors (Lipinski definition) is 4. The number of nitriles is 1. The summed E-state index contributed by atoms with van der Waals surface area (Å²) in [6, 6.07) is 5.27. The molecule has 0 aromatic carbocycles. The van der Waals surface area contributed by atoms with Crippen molar-refractivity contribution in [1.82, 2.24) is 9.97 Å². The van der Waals surface area contributed by atoms with E-state index in [1.54, 1.807) is 12.4 Å². The zero-order valence-electron chi connectivity index (χ0n) is 8.05. The molecule has 2 heterocycles. The lowest BCUT2D eigenvalue weighted by atomic mass is 10.1. The largest absolute Gasteiger partial charge is 0.505 e. The van der Waals surface area contributed by atoms with Gasteiger partial charge in [0.25, 0.3) is 0 Å². The standard InChI is InChI=1S/C11H6BrN3O/c12-9-1-8(4-14-5-9)10-2-7(3-13)11(16)6-15-10/h1-2,4-6,16H. The molecule has 0 spiro atoms. The molecule has 0 saturated heterocycles. The lowest BCUT2D eigenvalue weighted by Crippen LogP contribution is -1.87. The Kier molecular flexibility index (Phi) is 2.84. The Labute approximate surface area is 100 Å². The zero-order valence-corrected chi connectivity index (χ0v) is 9.64. The highest BCUT2D eigenvalue weighted by molar-refractivity contribution is 9.10. The van der Waals surface area contributed by atoms with E-state index in [2.05, 4.69) is 25.9 Å². The Bertz CT molecular complexity index is 578. The van der Waals surface area contributed by atoms with E-state index in [9.17, 15) is 5.11 Å². The number of pyridine rings is 2. The first-order valence-electron chi connectivity index (χ1n) is 4.41. The molecule has 0 aliphatic rings. The minimum Gasteiger partial charge on any atom is -0.505 e. The van der Waals surface area contributed by atoms with Crippen LogP contribution in [0.25, 0.3) is 11.3 Å². The Balaban J connectivity index is 2.54. The van der Waals surface area contributed by atoms with E-state index in [1.165, 1.54) is 12.3 Å². The smallest absolute Gasteiger partial charge is 0.151 e. The predicted molar refractivity (Wildman–Crippen MR) is 61.5 cm³/mol. The third kappa shape index (κ3) is 2.02. The van der Waals surface area contributed by atoms with Gasteiger partial charge in [-0.15, -0.1) is 0 Å². The number of aromatic hydroxyl groups is 1. The molecule has 0 bridgehead atoms. The highest BCUT2D eigenvalue weighted by Gasteiger charge is 2.05. The van der Waals surface area contributed by atoms with Gasteiger partial charge in [0, 0.05) is 22.4 Å². The van der Waals surface area contributed by atoms with E-state index < -0.39 is 0 Å². The molecule has 0 fully saturated rings. The second-order valence-corrected chi connectivity index (χ2v) is 4.01. The molecule has 0 atom stereocenters. The first-order chi connectivity index (χ1) is 7.70. The molecule has 2 aromatic rings. The summed E-state index contributed by atoms with van der Waals surface area (Å²) in [6.45, 7) is 0. The summed E-state index contributed by atoms with van der Waals surface area (Å²) in [6.07, 6.45) is 4.56. The lowest BCUT2D eigenvalue weighted by molar-refractivity contribution is 0.471. The van der Waals surface area contributed by atoms with E-state index in [0.29, 0.717) is 5.69 Å². The molecule has 0 radical (unpaired) electrons. The summed E-state index contributed by atoms with van der Waals surface area (Å²) in [5.74, 6) is -0.116. The summed E-state index contributed by atoms with van der Waals surface area (Å²) in [5.41, 5.74) is 1.58. The van der Waals surface area contributed by atoms with Gasteiger partial charge in [-0.3, -0.25) is 9.97 Å². The third-order valence-electron chi connectivity index (χ3n) is 2.00. The molecule has 2 rings (SSSR count).